The minimum atomic E-state index is -0.608. The van der Waals surface area contributed by atoms with Crippen molar-refractivity contribution in [2.45, 2.75) is 19.0 Å². The molecule has 22 heavy (non-hydrogen) atoms. The minimum Gasteiger partial charge on any atom is -0.351 e. The molecule has 0 fully saturated rings. The van der Waals surface area contributed by atoms with Gasteiger partial charge in [-0.3, -0.25) is 9.78 Å². The number of pyridine rings is 1. The predicted molar refractivity (Wildman–Crippen MR) is 83.9 cm³/mol. The first-order chi connectivity index (χ1) is 10.7. The van der Waals surface area contributed by atoms with Crippen LogP contribution in [0.1, 0.15) is 11.3 Å². The number of para-hydroxylation sites is 1. The van der Waals surface area contributed by atoms with Crippen LogP contribution in [-0.4, -0.2) is 26.9 Å². The average molecular weight is 295 g/mol. The van der Waals surface area contributed by atoms with Crippen LogP contribution in [0.4, 0.5) is 0 Å². The van der Waals surface area contributed by atoms with Gasteiger partial charge in [0.1, 0.15) is 0 Å². The molecule has 0 saturated carbocycles. The van der Waals surface area contributed by atoms with E-state index >= 15 is 0 Å². The lowest BCUT2D eigenvalue weighted by atomic mass is 10.1. The van der Waals surface area contributed by atoms with Crippen molar-refractivity contribution in [1.29, 1.82) is 0 Å². The molecule has 3 aromatic rings. The first-order valence-electron chi connectivity index (χ1n) is 7.07. The van der Waals surface area contributed by atoms with Gasteiger partial charge in [0.15, 0.2) is 0 Å². The van der Waals surface area contributed by atoms with Gasteiger partial charge in [-0.15, -0.1) is 0 Å². The van der Waals surface area contributed by atoms with E-state index in [1.807, 2.05) is 30.3 Å². The van der Waals surface area contributed by atoms with E-state index in [0.29, 0.717) is 13.0 Å². The van der Waals surface area contributed by atoms with E-state index in [-0.39, 0.29) is 5.91 Å². The summed E-state index contributed by atoms with van der Waals surface area (Å²) in [5.74, 6) is -0.192. The van der Waals surface area contributed by atoms with Crippen LogP contribution in [0, 0.1) is 0 Å². The summed E-state index contributed by atoms with van der Waals surface area (Å²) in [5, 5.41) is 3.92. The molecule has 4 N–H and O–H groups in total. The Morgan fingerprint density at radius 3 is 3.00 bits per heavy atom. The van der Waals surface area contributed by atoms with E-state index < -0.39 is 6.04 Å². The third kappa shape index (κ3) is 3.12. The second kappa shape index (κ2) is 6.36. The van der Waals surface area contributed by atoms with Crippen molar-refractivity contribution in [2.24, 2.45) is 5.73 Å². The highest BCUT2D eigenvalue weighted by Gasteiger charge is 2.14. The molecule has 0 bridgehead atoms. The summed E-state index contributed by atoms with van der Waals surface area (Å²) in [4.78, 5) is 23.3. The molecular weight excluding hydrogens is 278 g/mol. The van der Waals surface area contributed by atoms with Gasteiger partial charge in [0.25, 0.3) is 0 Å². The number of imidazole rings is 1. The van der Waals surface area contributed by atoms with Gasteiger partial charge in [-0.2, -0.15) is 0 Å². The van der Waals surface area contributed by atoms with Crippen LogP contribution in [0.25, 0.3) is 10.9 Å². The van der Waals surface area contributed by atoms with Crippen molar-refractivity contribution >= 4 is 16.8 Å². The van der Waals surface area contributed by atoms with Crippen molar-refractivity contribution in [1.82, 2.24) is 20.3 Å². The molecule has 1 amide bonds. The summed E-state index contributed by atoms with van der Waals surface area (Å²) in [6.45, 7) is 0.407. The van der Waals surface area contributed by atoms with Crippen molar-refractivity contribution < 1.29 is 4.79 Å². The lowest BCUT2D eigenvalue weighted by Gasteiger charge is -2.12. The molecule has 1 unspecified atom stereocenters. The number of H-pyrrole nitrogens is 1. The molecule has 1 aromatic carbocycles. The number of hydrogen-bond acceptors (Lipinski definition) is 4. The number of hydrogen-bond donors (Lipinski definition) is 3. The highest BCUT2D eigenvalue weighted by atomic mass is 16.2. The van der Waals surface area contributed by atoms with Gasteiger partial charge in [0, 0.05) is 36.4 Å². The lowest BCUT2D eigenvalue weighted by molar-refractivity contribution is -0.122. The molecule has 1 atom stereocenters. The number of aromatic amines is 1. The molecule has 2 aromatic heterocycles. The molecule has 2 heterocycles. The Morgan fingerprint density at radius 2 is 2.18 bits per heavy atom. The van der Waals surface area contributed by atoms with E-state index in [1.54, 1.807) is 18.7 Å². The number of nitrogens with two attached hydrogens (primary N) is 1. The fourth-order valence-electron chi connectivity index (χ4n) is 2.35. The minimum absolute atomic E-state index is 0.192. The van der Waals surface area contributed by atoms with Crippen molar-refractivity contribution in [3.63, 3.8) is 0 Å². The van der Waals surface area contributed by atoms with Gasteiger partial charge >= 0.3 is 0 Å². The summed E-state index contributed by atoms with van der Waals surface area (Å²) in [6.07, 6.45) is 5.42. The van der Waals surface area contributed by atoms with E-state index in [2.05, 4.69) is 20.3 Å². The summed E-state index contributed by atoms with van der Waals surface area (Å²) in [6, 6.07) is 9.19. The number of amides is 1. The highest BCUT2D eigenvalue weighted by Crippen LogP contribution is 2.15. The average Bonchev–Trinajstić information content (AvgIpc) is 3.05. The molecular formula is C16H17N5O. The molecule has 6 nitrogen and oxygen atoms in total. The van der Waals surface area contributed by atoms with Crippen molar-refractivity contribution in [2.75, 3.05) is 0 Å². The maximum atomic E-state index is 12.1. The van der Waals surface area contributed by atoms with E-state index in [1.165, 1.54) is 0 Å². The molecule has 0 saturated heterocycles. The fraction of sp³-hybridized carbons (Fsp3) is 0.188. The van der Waals surface area contributed by atoms with E-state index in [9.17, 15) is 4.79 Å². The Kier molecular flexibility index (Phi) is 4.11. The Bertz CT molecular complexity index is 764. The lowest BCUT2D eigenvalue weighted by Crippen LogP contribution is -2.41. The number of carbonyl (C=O) groups excluding carboxylic acids is 1. The summed E-state index contributed by atoms with van der Waals surface area (Å²) < 4.78 is 0. The standard InChI is InChI=1S/C16H17N5O/c17-14(7-13-9-18-10-21-13)16(22)20-8-12-4-1-3-11-5-2-6-19-15(11)12/h1-6,9-10,14H,7-8,17H2,(H,18,21)(H,20,22). The zero-order valence-corrected chi connectivity index (χ0v) is 12.0. The van der Waals surface area contributed by atoms with Crippen molar-refractivity contribution in [3.8, 4) is 0 Å². The summed E-state index contributed by atoms with van der Waals surface area (Å²) in [5.41, 5.74) is 8.62. The van der Waals surface area contributed by atoms with Crippen LogP contribution < -0.4 is 11.1 Å². The second-order valence-electron chi connectivity index (χ2n) is 5.10. The summed E-state index contributed by atoms with van der Waals surface area (Å²) in [7, 11) is 0. The van der Waals surface area contributed by atoms with Crippen LogP contribution in [0.3, 0.4) is 0 Å². The van der Waals surface area contributed by atoms with Crippen molar-refractivity contribution in [3.05, 3.63) is 60.3 Å². The SMILES string of the molecule is NC(Cc1cnc[nH]1)C(=O)NCc1cccc2cccnc12. The number of aromatic nitrogens is 3. The number of rotatable bonds is 5. The van der Waals surface area contributed by atoms with Crippen LogP contribution in [0.15, 0.2) is 49.1 Å². The van der Waals surface area contributed by atoms with Gasteiger partial charge in [-0.05, 0) is 11.6 Å². The van der Waals surface area contributed by atoms with Crippen LogP contribution >= 0.6 is 0 Å². The predicted octanol–water partition coefficient (Wildman–Crippen LogP) is 1.14. The van der Waals surface area contributed by atoms with E-state index in [4.69, 9.17) is 5.73 Å². The number of carbonyl (C=O) groups is 1. The number of fused-ring (bicyclic) bond motifs is 1. The first-order valence-corrected chi connectivity index (χ1v) is 7.07. The van der Waals surface area contributed by atoms with Gasteiger partial charge < -0.3 is 16.0 Å². The molecule has 6 heteroatoms. The van der Waals surface area contributed by atoms with Gasteiger partial charge in [0.2, 0.25) is 5.91 Å². The Hall–Kier alpha value is -2.73. The van der Waals surface area contributed by atoms with E-state index in [0.717, 1.165) is 22.2 Å². The Labute approximate surface area is 127 Å². The molecule has 0 aliphatic carbocycles. The molecule has 0 aliphatic heterocycles. The van der Waals surface area contributed by atoms with Gasteiger partial charge in [-0.1, -0.05) is 24.3 Å². The normalized spacial score (nSPS) is 12.2. The van der Waals surface area contributed by atoms with Gasteiger partial charge in [0.05, 0.1) is 17.9 Å². The topological polar surface area (TPSA) is 96.7 Å². The second-order valence-corrected chi connectivity index (χ2v) is 5.10. The van der Waals surface area contributed by atoms with Crippen LogP contribution in [0.5, 0.6) is 0 Å². The third-order valence-corrected chi connectivity index (χ3v) is 3.50. The van der Waals surface area contributed by atoms with Crippen LogP contribution in [0.2, 0.25) is 0 Å². The quantitative estimate of drug-likeness (QED) is 0.657. The molecule has 0 spiro atoms. The van der Waals surface area contributed by atoms with Gasteiger partial charge in [-0.25, -0.2) is 4.98 Å². The molecule has 0 aliphatic rings. The number of benzene rings is 1. The zero-order valence-electron chi connectivity index (χ0n) is 12.0. The monoisotopic (exact) mass is 295 g/mol. The Morgan fingerprint density at radius 1 is 1.32 bits per heavy atom. The number of nitrogens with one attached hydrogen (secondary N) is 2. The number of nitrogens with zero attached hydrogens (tertiary/aromatic N) is 2. The first kappa shape index (κ1) is 14.2. The largest absolute Gasteiger partial charge is 0.351 e. The maximum Gasteiger partial charge on any atom is 0.237 e. The third-order valence-electron chi connectivity index (χ3n) is 3.50. The Balaban J connectivity index is 1.65. The highest BCUT2D eigenvalue weighted by molar-refractivity contribution is 5.84. The van der Waals surface area contributed by atoms with Crippen LogP contribution in [-0.2, 0) is 17.8 Å². The summed E-state index contributed by atoms with van der Waals surface area (Å²) >= 11 is 0. The molecule has 3 rings (SSSR count). The smallest absolute Gasteiger partial charge is 0.237 e. The fourth-order valence-corrected chi connectivity index (χ4v) is 2.35. The zero-order chi connectivity index (χ0) is 15.4. The maximum absolute atomic E-state index is 12.1. The molecule has 112 valence electrons. The molecule has 0 radical (unpaired) electrons.